The third-order valence-electron chi connectivity index (χ3n) is 7.72. The molecule has 0 aliphatic heterocycles. The van der Waals surface area contributed by atoms with Gasteiger partial charge in [-0.15, -0.1) is 0 Å². The van der Waals surface area contributed by atoms with Crippen molar-refractivity contribution >= 4 is 11.0 Å². The van der Waals surface area contributed by atoms with Crippen LogP contribution < -0.4 is 0 Å². The summed E-state index contributed by atoms with van der Waals surface area (Å²) in [6.07, 6.45) is 8.65. The molecule has 2 heteroatoms. The molecule has 1 aliphatic rings. The molecule has 0 spiro atoms. The van der Waals surface area contributed by atoms with Crippen molar-refractivity contribution in [1.29, 1.82) is 0 Å². The monoisotopic (exact) mass is 471 g/mol. The van der Waals surface area contributed by atoms with E-state index in [0.29, 0.717) is 11.8 Å². The lowest BCUT2D eigenvalue weighted by molar-refractivity contribution is 0.443. The van der Waals surface area contributed by atoms with E-state index in [0.717, 1.165) is 39.1 Å². The Bertz CT molecular complexity index is 1470. The second-order valence-electron chi connectivity index (χ2n) is 10.5. The molecule has 6 rings (SSSR count). The minimum absolute atomic E-state index is 0.459. The van der Waals surface area contributed by atoms with E-state index >= 15 is 0 Å². The largest absolute Gasteiger partial charge is 0.455 e. The molecular weight excluding hydrogens is 438 g/mol. The number of fused-ring (bicyclic) bond motifs is 1. The Morgan fingerprint density at radius 3 is 2.28 bits per heavy atom. The van der Waals surface area contributed by atoms with E-state index in [9.17, 15) is 0 Å². The molecule has 2 aromatic heterocycles. The molecule has 5 aromatic rings. The first-order chi connectivity index (χ1) is 17.7. The quantitative estimate of drug-likeness (QED) is 0.255. The Morgan fingerprint density at radius 1 is 0.750 bits per heavy atom. The van der Waals surface area contributed by atoms with Crippen LogP contribution in [0.1, 0.15) is 68.9 Å². The van der Waals surface area contributed by atoms with Crippen molar-refractivity contribution in [2.45, 2.75) is 57.8 Å². The summed E-state index contributed by atoms with van der Waals surface area (Å²) >= 11 is 0. The smallest absolute Gasteiger partial charge is 0.142 e. The van der Waals surface area contributed by atoms with Crippen molar-refractivity contribution in [3.8, 4) is 33.7 Å². The number of hydrogen-bond donors (Lipinski definition) is 0. The molecule has 0 radical (unpaired) electrons. The summed E-state index contributed by atoms with van der Waals surface area (Å²) in [5.74, 6) is 2.06. The first-order valence-corrected chi connectivity index (χ1v) is 13.4. The van der Waals surface area contributed by atoms with Gasteiger partial charge in [-0.05, 0) is 71.7 Å². The minimum atomic E-state index is 0.459. The highest BCUT2D eigenvalue weighted by molar-refractivity contribution is 5.98. The maximum absolute atomic E-state index is 6.52. The van der Waals surface area contributed by atoms with Crippen LogP contribution in [0.15, 0.2) is 95.5 Å². The highest BCUT2D eigenvalue weighted by atomic mass is 16.3. The van der Waals surface area contributed by atoms with Gasteiger partial charge in [0, 0.05) is 28.3 Å². The van der Waals surface area contributed by atoms with Crippen LogP contribution in [-0.2, 0) is 0 Å². The Kier molecular flexibility index (Phi) is 6.19. The van der Waals surface area contributed by atoms with E-state index in [1.54, 1.807) is 0 Å². The Balaban J connectivity index is 1.48. The molecule has 0 atom stereocenters. The maximum Gasteiger partial charge on any atom is 0.142 e. The lowest BCUT2D eigenvalue weighted by Gasteiger charge is -2.22. The number of furan rings is 1. The standard InChI is InChI=1S/C34H33NO/c1-23(2)28-17-18-35-32(21-28)29-19-30-22-33(27-11-7-4-8-12-27)36-34(30)31(20-29)26-15-13-25(14-16-26)24-9-5-3-6-10-24/h4,7-8,11-24H,3,5-6,9-10H2,1-2H3. The number of pyridine rings is 1. The molecule has 1 fully saturated rings. The van der Waals surface area contributed by atoms with Crippen LogP contribution in [0.4, 0.5) is 0 Å². The molecule has 2 heterocycles. The van der Waals surface area contributed by atoms with Gasteiger partial charge in [-0.3, -0.25) is 4.98 Å². The topological polar surface area (TPSA) is 26.0 Å². The van der Waals surface area contributed by atoms with Gasteiger partial charge in [0.1, 0.15) is 11.3 Å². The number of aromatic nitrogens is 1. The van der Waals surface area contributed by atoms with Crippen LogP contribution in [0.25, 0.3) is 44.7 Å². The van der Waals surface area contributed by atoms with Gasteiger partial charge >= 0.3 is 0 Å². The minimum Gasteiger partial charge on any atom is -0.455 e. The molecule has 1 aliphatic carbocycles. The average Bonchev–Trinajstić information content (AvgIpc) is 3.38. The molecule has 3 aromatic carbocycles. The molecule has 0 saturated heterocycles. The van der Waals surface area contributed by atoms with Crippen molar-refractivity contribution in [2.75, 3.05) is 0 Å². The SMILES string of the molecule is CC(C)c1ccnc(-c2cc(-c3ccc(C4CCCCC4)cc3)c3oc(-c4ccccc4)cc3c2)c1. The zero-order valence-electron chi connectivity index (χ0n) is 21.2. The molecular formula is C34H33NO. The van der Waals surface area contributed by atoms with Gasteiger partial charge in [0.2, 0.25) is 0 Å². The summed E-state index contributed by atoms with van der Waals surface area (Å²) in [5.41, 5.74) is 9.24. The van der Waals surface area contributed by atoms with Gasteiger partial charge in [-0.2, -0.15) is 0 Å². The lowest BCUT2D eigenvalue weighted by Crippen LogP contribution is -2.04. The number of hydrogen-bond acceptors (Lipinski definition) is 2. The van der Waals surface area contributed by atoms with Crippen molar-refractivity contribution < 1.29 is 4.42 Å². The average molecular weight is 472 g/mol. The summed E-state index contributed by atoms with van der Waals surface area (Å²) in [6.45, 7) is 4.45. The fourth-order valence-electron chi connectivity index (χ4n) is 5.59. The van der Waals surface area contributed by atoms with E-state index in [1.807, 2.05) is 12.3 Å². The van der Waals surface area contributed by atoms with Gasteiger partial charge in [0.05, 0.1) is 5.69 Å². The molecule has 36 heavy (non-hydrogen) atoms. The van der Waals surface area contributed by atoms with E-state index < -0.39 is 0 Å². The zero-order chi connectivity index (χ0) is 24.5. The van der Waals surface area contributed by atoms with Crippen LogP contribution in [0.3, 0.4) is 0 Å². The van der Waals surface area contributed by atoms with Crippen molar-refractivity contribution in [1.82, 2.24) is 4.98 Å². The molecule has 0 amide bonds. The second-order valence-corrected chi connectivity index (χ2v) is 10.5. The van der Waals surface area contributed by atoms with Crippen molar-refractivity contribution in [3.05, 3.63) is 102 Å². The number of rotatable bonds is 5. The van der Waals surface area contributed by atoms with E-state index in [4.69, 9.17) is 9.40 Å². The van der Waals surface area contributed by atoms with Crippen molar-refractivity contribution in [3.63, 3.8) is 0 Å². The molecule has 0 N–H and O–H groups in total. The number of benzene rings is 3. The van der Waals surface area contributed by atoms with E-state index in [1.165, 1.54) is 48.8 Å². The van der Waals surface area contributed by atoms with E-state index in [2.05, 4.69) is 92.7 Å². The van der Waals surface area contributed by atoms with Gasteiger partial charge in [0.15, 0.2) is 0 Å². The molecule has 0 bridgehead atoms. The molecule has 2 nitrogen and oxygen atoms in total. The van der Waals surface area contributed by atoms with Crippen LogP contribution in [0.2, 0.25) is 0 Å². The van der Waals surface area contributed by atoms with Crippen LogP contribution in [0.5, 0.6) is 0 Å². The third-order valence-corrected chi connectivity index (χ3v) is 7.72. The Hall–Kier alpha value is -3.65. The second kappa shape index (κ2) is 9.78. The molecule has 180 valence electrons. The number of nitrogens with zero attached hydrogens (tertiary/aromatic N) is 1. The van der Waals surface area contributed by atoms with Crippen LogP contribution in [0, 0.1) is 0 Å². The highest BCUT2D eigenvalue weighted by Crippen LogP contribution is 2.39. The Labute approximate surface area is 214 Å². The third kappa shape index (κ3) is 4.48. The van der Waals surface area contributed by atoms with Gasteiger partial charge in [-0.1, -0.05) is 87.7 Å². The lowest BCUT2D eigenvalue weighted by atomic mass is 9.83. The van der Waals surface area contributed by atoms with Gasteiger partial charge < -0.3 is 4.42 Å². The summed E-state index contributed by atoms with van der Waals surface area (Å²) in [7, 11) is 0. The molecule has 1 saturated carbocycles. The maximum atomic E-state index is 6.52. The highest BCUT2D eigenvalue weighted by Gasteiger charge is 2.18. The molecule has 0 unspecified atom stereocenters. The summed E-state index contributed by atoms with van der Waals surface area (Å²) in [5, 5.41) is 1.11. The Morgan fingerprint density at radius 2 is 1.53 bits per heavy atom. The predicted octanol–water partition coefficient (Wildman–Crippen LogP) is 10.00. The first-order valence-electron chi connectivity index (χ1n) is 13.4. The van der Waals surface area contributed by atoms with Crippen LogP contribution in [-0.4, -0.2) is 4.98 Å². The summed E-state index contributed by atoms with van der Waals surface area (Å²) in [4.78, 5) is 4.74. The fourth-order valence-corrected chi connectivity index (χ4v) is 5.59. The first kappa shape index (κ1) is 22.8. The normalized spacial score (nSPS) is 14.5. The zero-order valence-corrected chi connectivity index (χ0v) is 21.2. The van der Waals surface area contributed by atoms with Crippen molar-refractivity contribution in [2.24, 2.45) is 0 Å². The van der Waals surface area contributed by atoms with Gasteiger partial charge in [0.25, 0.3) is 0 Å². The van der Waals surface area contributed by atoms with Gasteiger partial charge in [-0.25, -0.2) is 0 Å². The van der Waals surface area contributed by atoms with Crippen LogP contribution >= 0.6 is 0 Å². The fraction of sp³-hybridized carbons (Fsp3) is 0.265. The summed E-state index contributed by atoms with van der Waals surface area (Å²) in [6, 6.07) is 30.6. The summed E-state index contributed by atoms with van der Waals surface area (Å²) < 4.78 is 6.52. The van der Waals surface area contributed by atoms with E-state index in [-0.39, 0.29) is 0 Å². The predicted molar refractivity (Wildman–Crippen MR) is 150 cm³/mol.